The molecule has 3 aromatic rings. The zero-order valence-corrected chi connectivity index (χ0v) is 23.0. The minimum Gasteiger partial charge on any atom is -0.481 e. The first-order chi connectivity index (χ1) is 19.3. The van der Waals surface area contributed by atoms with Crippen molar-refractivity contribution in [3.8, 4) is 0 Å². The molecule has 4 atom stereocenters. The van der Waals surface area contributed by atoms with Crippen LogP contribution in [0.2, 0.25) is 0 Å². The highest BCUT2D eigenvalue weighted by Gasteiger charge is 2.38. The van der Waals surface area contributed by atoms with Gasteiger partial charge in [-0.15, -0.1) is 0 Å². The van der Waals surface area contributed by atoms with Crippen LogP contribution >= 0.6 is 0 Å². The second-order valence-electron chi connectivity index (χ2n) is 10.4. The Bertz CT molecular complexity index is 1230. The number of aliphatic hydroxyl groups excluding tert-OH is 1. The quantitative estimate of drug-likeness (QED) is 0.283. The third kappa shape index (κ3) is 8.22. The number of carboxylic acid groups (broad SMARTS) is 1. The van der Waals surface area contributed by atoms with E-state index in [1.807, 2.05) is 54.6 Å². The molecule has 212 valence electrons. The van der Waals surface area contributed by atoms with E-state index in [0.717, 1.165) is 23.2 Å². The van der Waals surface area contributed by atoms with Crippen LogP contribution in [0.1, 0.15) is 60.8 Å². The summed E-state index contributed by atoms with van der Waals surface area (Å²) in [5.74, 6) is -1.06. The van der Waals surface area contributed by atoms with Gasteiger partial charge in [0, 0.05) is 43.1 Å². The van der Waals surface area contributed by atoms with E-state index in [-0.39, 0.29) is 43.5 Å². The van der Waals surface area contributed by atoms with Gasteiger partial charge < -0.3 is 25.0 Å². The lowest BCUT2D eigenvalue weighted by molar-refractivity contribution is -0.276. The van der Waals surface area contributed by atoms with Gasteiger partial charge in [0.25, 0.3) is 0 Å². The van der Waals surface area contributed by atoms with Crippen LogP contribution in [0.15, 0.2) is 78.9 Å². The molecule has 0 aliphatic carbocycles. The van der Waals surface area contributed by atoms with E-state index in [2.05, 4.69) is 36.3 Å². The molecule has 0 saturated carbocycles. The maximum atomic E-state index is 12.2. The summed E-state index contributed by atoms with van der Waals surface area (Å²) in [5, 5.41) is 21.1. The van der Waals surface area contributed by atoms with Crippen LogP contribution in [0.25, 0.3) is 0 Å². The van der Waals surface area contributed by atoms with E-state index < -0.39 is 12.3 Å². The van der Waals surface area contributed by atoms with Gasteiger partial charge in [0.2, 0.25) is 5.91 Å². The number of nitrogens with one attached hydrogen (secondary N) is 1. The standard InChI is InChI=1S/C32H38N2O6/c1-22-28(20-34(2)19-23-7-4-3-5-8-23)39-32(40-31(22)25-13-11-24(21-35)12-14-25)26-15-17-27(18-16-26)33-29(36)9-6-10-30(37)38/h3-5,7-8,11-18,22,28,31-32,35H,6,9-10,19-21H2,1-2H3,(H,33,36)(H,37,38)/t22-,28+,31+,32+/m1/s1. The molecule has 4 rings (SSSR count). The molecule has 3 aromatic carbocycles. The topological polar surface area (TPSA) is 108 Å². The first kappa shape index (κ1) is 29.4. The lowest BCUT2D eigenvalue weighted by atomic mass is 9.90. The van der Waals surface area contributed by atoms with Crippen molar-refractivity contribution in [2.75, 3.05) is 18.9 Å². The van der Waals surface area contributed by atoms with E-state index in [4.69, 9.17) is 14.6 Å². The van der Waals surface area contributed by atoms with Crippen LogP contribution in [-0.4, -0.2) is 46.7 Å². The summed E-state index contributed by atoms with van der Waals surface area (Å²) in [7, 11) is 2.09. The Balaban J connectivity index is 1.48. The molecule has 1 heterocycles. The molecular formula is C32H38N2O6. The van der Waals surface area contributed by atoms with Gasteiger partial charge in [0.05, 0.1) is 18.8 Å². The van der Waals surface area contributed by atoms with E-state index in [1.54, 1.807) is 12.1 Å². The molecule has 1 amide bonds. The van der Waals surface area contributed by atoms with Gasteiger partial charge in [-0.1, -0.05) is 73.7 Å². The number of carbonyl (C=O) groups is 2. The second-order valence-corrected chi connectivity index (χ2v) is 10.4. The third-order valence-electron chi connectivity index (χ3n) is 7.17. The van der Waals surface area contributed by atoms with Crippen LogP contribution in [0, 0.1) is 5.92 Å². The Morgan fingerprint density at radius 3 is 2.20 bits per heavy atom. The summed E-state index contributed by atoms with van der Waals surface area (Å²) in [6.45, 7) is 3.65. The molecule has 1 aliphatic heterocycles. The number of aliphatic hydroxyl groups is 1. The molecule has 1 fully saturated rings. The van der Waals surface area contributed by atoms with Gasteiger partial charge in [-0.05, 0) is 42.3 Å². The van der Waals surface area contributed by atoms with Crippen molar-refractivity contribution < 1.29 is 29.3 Å². The highest BCUT2D eigenvalue weighted by Crippen LogP contribution is 2.42. The van der Waals surface area contributed by atoms with Gasteiger partial charge in [-0.2, -0.15) is 0 Å². The van der Waals surface area contributed by atoms with Crippen LogP contribution in [0.4, 0.5) is 5.69 Å². The lowest BCUT2D eigenvalue weighted by Gasteiger charge is -2.42. The van der Waals surface area contributed by atoms with Crippen molar-refractivity contribution in [1.82, 2.24) is 4.90 Å². The van der Waals surface area contributed by atoms with Crippen molar-refractivity contribution >= 4 is 17.6 Å². The minimum absolute atomic E-state index is 0.0115. The smallest absolute Gasteiger partial charge is 0.303 e. The Hall–Kier alpha value is -3.56. The number of benzene rings is 3. The number of carbonyl (C=O) groups excluding carboxylic acids is 1. The Morgan fingerprint density at radius 2 is 1.55 bits per heavy atom. The van der Waals surface area contributed by atoms with Crippen molar-refractivity contribution in [1.29, 1.82) is 0 Å². The third-order valence-corrected chi connectivity index (χ3v) is 7.17. The molecule has 1 aliphatic rings. The van der Waals surface area contributed by atoms with Crippen LogP contribution in [0.3, 0.4) is 0 Å². The number of hydrogen-bond donors (Lipinski definition) is 3. The number of carboxylic acids is 1. The number of anilines is 1. The summed E-state index contributed by atoms with van der Waals surface area (Å²) in [6, 6.07) is 25.5. The van der Waals surface area contributed by atoms with Crippen molar-refractivity contribution in [2.24, 2.45) is 5.92 Å². The monoisotopic (exact) mass is 546 g/mol. The molecule has 40 heavy (non-hydrogen) atoms. The summed E-state index contributed by atoms with van der Waals surface area (Å²) in [6.07, 6.45) is -0.516. The average molecular weight is 547 g/mol. The molecule has 8 nitrogen and oxygen atoms in total. The zero-order valence-electron chi connectivity index (χ0n) is 23.0. The maximum Gasteiger partial charge on any atom is 0.303 e. The summed E-state index contributed by atoms with van der Waals surface area (Å²) >= 11 is 0. The van der Waals surface area contributed by atoms with E-state index in [9.17, 15) is 14.7 Å². The Labute approximate surface area is 235 Å². The highest BCUT2D eigenvalue weighted by molar-refractivity contribution is 5.90. The first-order valence-electron chi connectivity index (χ1n) is 13.7. The SMILES string of the molecule is C[C@@H]1[C@H](CN(C)Cc2ccccc2)O[C@H](c2ccc(NC(=O)CCCC(=O)O)cc2)O[C@@H]1c1ccc(CO)cc1. The molecular weight excluding hydrogens is 508 g/mol. The van der Waals surface area contributed by atoms with Crippen LogP contribution in [-0.2, 0) is 32.2 Å². The summed E-state index contributed by atoms with van der Waals surface area (Å²) < 4.78 is 13.1. The molecule has 0 spiro atoms. The Morgan fingerprint density at radius 1 is 0.875 bits per heavy atom. The van der Waals surface area contributed by atoms with Crippen LogP contribution < -0.4 is 5.32 Å². The number of rotatable bonds is 12. The van der Waals surface area contributed by atoms with Crippen molar-refractivity contribution in [3.05, 3.63) is 101 Å². The average Bonchev–Trinajstić information content (AvgIpc) is 2.95. The molecule has 0 unspecified atom stereocenters. The van der Waals surface area contributed by atoms with Gasteiger partial charge in [0.1, 0.15) is 0 Å². The normalized spacial score (nSPS) is 20.8. The number of amides is 1. The summed E-state index contributed by atoms with van der Waals surface area (Å²) in [4.78, 5) is 25.1. The predicted octanol–water partition coefficient (Wildman–Crippen LogP) is 5.30. The van der Waals surface area contributed by atoms with E-state index in [1.165, 1.54) is 5.56 Å². The summed E-state index contributed by atoms with van der Waals surface area (Å²) in [5.41, 5.74) is 4.57. The maximum absolute atomic E-state index is 12.2. The molecule has 3 N–H and O–H groups in total. The fraction of sp³-hybridized carbons (Fsp3) is 0.375. The van der Waals surface area contributed by atoms with Gasteiger partial charge in [0.15, 0.2) is 6.29 Å². The number of ether oxygens (including phenoxy) is 2. The fourth-order valence-corrected chi connectivity index (χ4v) is 4.94. The van der Waals surface area contributed by atoms with E-state index in [0.29, 0.717) is 18.7 Å². The first-order valence-corrected chi connectivity index (χ1v) is 13.7. The van der Waals surface area contributed by atoms with Gasteiger partial charge >= 0.3 is 5.97 Å². The number of likely N-dealkylation sites (N-methyl/N-ethyl adjacent to an activating group) is 1. The second kappa shape index (κ2) is 14.2. The molecule has 8 heteroatoms. The molecule has 0 bridgehead atoms. The predicted molar refractivity (Wildman–Crippen MR) is 152 cm³/mol. The number of nitrogens with zero attached hydrogens (tertiary/aromatic N) is 1. The van der Waals surface area contributed by atoms with E-state index >= 15 is 0 Å². The molecule has 1 saturated heterocycles. The molecule has 0 radical (unpaired) electrons. The van der Waals surface area contributed by atoms with Gasteiger partial charge in [-0.3, -0.25) is 14.5 Å². The zero-order chi connectivity index (χ0) is 28.5. The largest absolute Gasteiger partial charge is 0.481 e. The fourth-order valence-electron chi connectivity index (χ4n) is 4.94. The molecule has 0 aromatic heterocycles. The Kier molecular flexibility index (Phi) is 10.4. The number of aliphatic carboxylic acids is 1. The lowest BCUT2D eigenvalue weighted by Crippen LogP contribution is -2.43. The minimum atomic E-state index is -0.911. The number of hydrogen-bond acceptors (Lipinski definition) is 6. The van der Waals surface area contributed by atoms with Crippen molar-refractivity contribution in [2.45, 2.75) is 57.8 Å². The van der Waals surface area contributed by atoms with Crippen LogP contribution in [0.5, 0.6) is 0 Å². The van der Waals surface area contributed by atoms with Gasteiger partial charge in [-0.25, -0.2) is 0 Å². The van der Waals surface area contributed by atoms with Crippen molar-refractivity contribution in [3.63, 3.8) is 0 Å². The highest BCUT2D eigenvalue weighted by atomic mass is 16.7.